The van der Waals surface area contributed by atoms with E-state index < -0.39 is 5.97 Å². The number of Topliss-reactive ketones (excluding diaryl/α,β-unsaturated/α-hetero) is 1. The topological polar surface area (TPSA) is 56.3 Å². The zero-order chi connectivity index (χ0) is 22.8. The Labute approximate surface area is 185 Å². The van der Waals surface area contributed by atoms with Crippen molar-refractivity contribution in [2.24, 2.45) is 0 Å². The van der Waals surface area contributed by atoms with Gasteiger partial charge in [0.15, 0.2) is 6.61 Å². The summed E-state index contributed by atoms with van der Waals surface area (Å²) in [4.78, 5) is 30.3. The number of fused-ring (bicyclic) bond motifs is 1. The van der Waals surface area contributed by atoms with E-state index in [4.69, 9.17) is 4.74 Å². The van der Waals surface area contributed by atoms with Crippen LogP contribution in [0.1, 0.15) is 37.4 Å². The number of carbonyl (C=O) groups is 2. The normalized spacial score (nSPS) is 10.9. The molecule has 3 aromatic carbocycles. The van der Waals surface area contributed by atoms with Gasteiger partial charge in [0.2, 0.25) is 5.78 Å². The van der Waals surface area contributed by atoms with E-state index in [0.717, 1.165) is 16.7 Å². The van der Waals surface area contributed by atoms with Crippen molar-refractivity contribution >= 4 is 22.7 Å². The lowest BCUT2D eigenvalue weighted by Crippen LogP contribution is -2.16. The molecule has 0 aliphatic heterocycles. The van der Waals surface area contributed by atoms with Crippen LogP contribution >= 0.6 is 0 Å². The van der Waals surface area contributed by atoms with E-state index in [-0.39, 0.29) is 18.2 Å². The highest BCUT2D eigenvalue weighted by molar-refractivity contribution is 6.06. The number of hydrogen-bond donors (Lipinski definition) is 0. The molecule has 0 aliphatic rings. The number of benzene rings is 3. The average molecular weight is 427 g/mol. The third-order valence-electron chi connectivity index (χ3n) is 5.55. The SMILES string of the molecule is Cc1cc(C)c(C(=O)COC(=O)c2cc(-c3ccc(F)cc3)nc3ccccc23)cc1C. The highest BCUT2D eigenvalue weighted by atomic mass is 19.1. The molecule has 160 valence electrons. The maximum absolute atomic E-state index is 13.3. The van der Waals surface area contributed by atoms with Gasteiger partial charge < -0.3 is 4.74 Å². The molecule has 0 atom stereocenters. The molecule has 0 aliphatic carbocycles. The Kier molecular flexibility index (Phi) is 5.82. The molecular formula is C27H22FNO3. The number of ether oxygens (including phenoxy) is 1. The molecule has 0 saturated carbocycles. The van der Waals surface area contributed by atoms with E-state index in [1.54, 1.807) is 30.3 Å². The van der Waals surface area contributed by atoms with Crippen molar-refractivity contribution in [2.45, 2.75) is 20.8 Å². The van der Waals surface area contributed by atoms with Crippen LogP contribution in [-0.4, -0.2) is 23.3 Å². The molecule has 32 heavy (non-hydrogen) atoms. The van der Waals surface area contributed by atoms with Gasteiger partial charge in [-0.25, -0.2) is 14.2 Å². The molecule has 4 aromatic rings. The molecular weight excluding hydrogens is 405 g/mol. The van der Waals surface area contributed by atoms with Crippen LogP contribution in [0, 0.1) is 26.6 Å². The second-order valence-electron chi connectivity index (χ2n) is 7.83. The van der Waals surface area contributed by atoms with E-state index >= 15 is 0 Å². The van der Waals surface area contributed by atoms with Gasteiger partial charge in [0.05, 0.1) is 16.8 Å². The minimum absolute atomic E-state index is 0.254. The number of ketones is 1. The maximum Gasteiger partial charge on any atom is 0.339 e. The molecule has 0 fully saturated rings. The molecule has 0 unspecified atom stereocenters. The number of para-hydroxylation sites is 1. The highest BCUT2D eigenvalue weighted by Crippen LogP contribution is 2.26. The van der Waals surface area contributed by atoms with Crippen molar-refractivity contribution < 1.29 is 18.7 Å². The number of nitrogens with zero attached hydrogens (tertiary/aromatic N) is 1. The molecule has 1 heterocycles. The number of pyridine rings is 1. The van der Waals surface area contributed by atoms with Gasteiger partial charge in [-0.2, -0.15) is 0 Å². The molecule has 5 heteroatoms. The molecule has 0 amide bonds. The molecule has 4 rings (SSSR count). The Morgan fingerprint density at radius 1 is 0.844 bits per heavy atom. The third kappa shape index (κ3) is 4.28. The van der Waals surface area contributed by atoms with Crippen molar-refractivity contribution in [3.63, 3.8) is 0 Å². The fourth-order valence-corrected chi connectivity index (χ4v) is 3.66. The Morgan fingerprint density at radius 2 is 1.53 bits per heavy atom. The van der Waals surface area contributed by atoms with Gasteiger partial charge in [-0.1, -0.05) is 24.3 Å². The van der Waals surface area contributed by atoms with E-state index in [0.29, 0.717) is 33.3 Å². The summed E-state index contributed by atoms with van der Waals surface area (Å²) in [6.07, 6.45) is 0. The standard InChI is InChI=1S/C27H22FNO3/c1-16-12-18(3)22(13-17(16)2)26(30)15-32-27(31)23-14-25(19-8-10-20(28)11-9-19)29-24-7-5-4-6-21(23)24/h4-14H,15H2,1-3H3. The van der Waals surface area contributed by atoms with E-state index in [9.17, 15) is 14.0 Å². The second-order valence-corrected chi connectivity index (χ2v) is 7.83. The first-order valence-corrected chi connectivity index (χ1v) is 10.3. The molecule has 0 radical (unpaired) electrons. The molecule has 0 saturated heterocycles. The van der Waals surface area contributed by atoms with Crippen LogP contribution in [0.15, 0.2) is 66.7 Å². The zero-order valence-electron chi connectivity index (χ0n) is 18.1. The monoisotopic (exact) mass is 427 g/mol. The first-order valence-electron chi connectivity index (χ1n) is 10.3. The number of hydrogen-bond acceptors (Lipinski definition) is 4. The van der Waals surface area contributed by atoms with Crippen LogP contribution in [0.25, 0.3) is 22.2 Å². The smallest absolute Gasteiger partial charge is 0.339 e. The van der Waals surface area contributed by atoms with E-state index in [1.807, 2.05) is 45.0 Å². The van der Waals surface area contributed by atoms with Gasteiger partial charge in [-0.15, -0.1) is 0 Å². The molecule has 0 bridgehead atoms. The van der Waals surface area contributed by atoms with E-state index in [2.05, 4.69) is 4.98 Å². The summed E-state index contributed by atoms with van der Waals surface area (Å²) in [7, 11) is 0. The number of rotatable bonds is 5. The molecule has 0 spiro atoms. The van der Waals surface area contributed by atoms with Gasteiger partial charge in [-0.3, -0.25) is 4.79 Å². The van der Waals surface area contributed by atoms with Crippen LogP contribution in [0.3, 0.4) is 0 Å². The van der Waals surface area contributed by atoms with Crippen LogP contribution in [0.4, 0.5) is 4.39 Å². The van der Waals surface area contributed by atoms with Crippen molar-refractivity contribution in [3.05, 3.63) is 100 Å². The number of carbonyl (C=O) groups excluding carboxylic acids is 2. The largest absolute Gasteiger partial charge is 0.454 e. The third-order valence-corrected chi connectivity index (χ3v) is 5.55. The molecule has 1 aromatic heterocycles. The number of aryl methyl sites for hydroxylation is 3. The number of esters is 1. The fourth-order valence-electron chi connectivity index (χ4n) is 3.66. The fraction of sp³-hybridized carbons (Fsp3) is 0.148. The van der Waals surface area contributed by atoms with Crippen molar-refractivity contribution in [3.8, 4) is 11.3 Å². The lowest BCUT2D eigenvalue weighted by atomic mass is 9.98. The Bertz CT molecular complexity index is 1340. The summed E-state index contributed by atoms with van der Waals surface area (Å²) in [5.74, 6) is -1.22. The quantitative estimate of drug-likeness (QED) is 0.289. The minimum Gasteiger partial charge on any atom is -0.454 e. The maximum atomic E-state index is 13.3. The Morgan fingerprint density at radius 3 is 2.28 bits per heavy atom. The molecule has 4 nitrogen and oxygen atoms in total. The average Bonchev–Trinajstić information content (AvgIpc) is 2.79. The van der Waals surface area contributed by atoms with Crippen LogP contribution in [0.5, 0.6) is 0 Å². The summed E-state index contributed by atoms with van der Waals surface area (Å²) < 4.78 is 18.7. The Balaban J connectivity index is 1.64. The summed E-state index contributed by atoms with van der Waals surface area (Å²) in [5.41, 5.74) is 5.62. The first kappa shape index (κ1) is 21.4. The summed E-state index contributed by atoms with van der Waals surface area (Å²) in [6.45, 7) is 5.44. The van der Waals surface area contributed by atoms with Crippen molar-refractivity contribution in [1.82, 2.24) is 4.98 Å². The summed E-state index contributed by atoms with van der Waals surface area (Å²) in [6, 6.07) is 18.5. The van der Waals surface area contributed by atoms with Crippen LogP contribution < -0.4 is 0 Å². The van der Waals surface area contributed by atoms with Gasteiger partial charge in [0, 0.05) is 16.5 Å². The van der Waals surface area contributed by atoms with Crippen molar-refractivity contribution in [2.75, 3.05) is 6.61 Å². The number of halogens is 1. The first-order chi connectivity index (χ1) is 15.3. The van der Waals surface area contributed by atoms with Gasteiger partial charge in [0.25, 0.3) is 0 Å². The van der Waals surface area contributed by atoms with Crippen LogP contribution in [-0.2, 0) is 4.74 Å². The zero-order valence-corrected chi connectivity index (χ0v) is 18.1. The van der Waals surface area contributed by atoms with E-state index in [1.165, 1.54) is 12.1 Å². The summed E-state index contributed by atoms with van der Waals surface area (Å²) >= 11 is 0. The van der Waals surface area contributed by atoms with Gasteiger partial charge in [0.1, 0.15) is 5.82 Å². The summed E-state index contributed by atoms with van der Waals surface area (Å²) in [5, 5.41) is 0.623. The van der Waals surface area contributed by atoms with Crippen molar-refractivity contribution in [1.29, 1.82) is 0 Å². The lowest BCUT2D eigenvalue weighted by Gasteiger charge is -2.11. The number of aromatic nitrogens is 1. The van der Waals surface area contributed by atoms with Gasteiger partial charge in [-0.05, 0) is 79.9 Å². The lowest BCUT2D eigenvalue weighted by molar-refractivity contribution is 0.0476. The Hall–Kier alpha value is -3.86. The second kappa shape index (κ2) is 8.71. The highest BCUT2D eigenvalue weighted by Gasteiger charge is 2.18. The van der Waals surface area contributed by atoms with Gasteiger partial charge >= 0.3 is 5.97 Å². The predicted molar refractivity (Wildman–Crippen MR) is 122 cm³/mol. The minimum atomic E-state index is -0.609. The van der Waals surface area contributed by atoms with Crippen LogP contribution in [0.2, 0.25) is 0 Å². The predicted octanol–water partition coefficient (Wildman–Crippen LogP) is 6.01. The molecule has 0 N–H and O–H groups in total.